The van der Waals surface area contributed by atoms with Crippen LogP contribution in [-0.2, 0) is 25.8 Å². The van der Waals surface area contributed by atoms with Crippen LogP contribution in [0.25, 0.3) is 4.98 Å². The third kappa shape index (κ3) is 4.78. The van der Waals surface area contributed by atoms with Crippen molar-refractivity contribution in [3.8, 4) is 0 Å². The molecule has 0 N–H and O–H groups in total. The third-order valence-electron chi connectivity index (χ3n) is 8.19. The van der Waals surface area contributed by atoms with Gasteiger partial charge in [0.2, 0.25) is 0 Å². The van der Waals surface area contributed by atoms with Crippen LogP contribution in [0.3, 0.4) is 0 Å². The summed E-state index contributed by atoms with van der Waals surface area (Å²) in [6.45, 7) is 12.6. The summed E-state index contributed by atoms with van der Waals surface area (Å²) in [4.78, 5) is 5.84. The zero-order valence-corrected chi connectivity index (χ0v) is 23.3. The first-order chi connectivity index (χ1) is 10.7. The first-order valence-electron chi connectivity index (χ1n) is 10.4. The average molecular weight is 541 g/mol. The Kier molecular flexibility index (Phi) is 8.13. The van der Waals surface area contributed by atoms with Gasteiger partial charge in [-0.05, 0) is 48.3 Å². The topological polar surface area (TPSA) is 14.1 Å². The molecular weight excluding hydrogens is 497 g/mol. The van der Waals surface area contributed by atoms with E-state index < -0.39 is 8.24 Å². The Labute approximate surface area is 185 Å². The summed E-state index contributed by atoms with van der Waals surface area (Å²) in [5, 5.41) is 0. The second kappa shape index (κ2) is 8.42. The van der Waals surface area contributed by atoms with E-state index in [2.05, 4.69) is 33.9 Å². The predicted octanol–water partition coefficient (Wildman–Crippen LogP) is 7.65. The zero-order valence-electron chi connectivity index (χ0n) is 18.7. The Balaban J connectivity index is 0.00000113. The molecule has 148 valence electrons. The molecule has 0 radical (unpaired) electrons. The summed E-state index contributed by atoms with van der Waals surface area (Å²) in [6.07, 6.45) is 13.4. The van der Waals surface area contributed by atoms with Gasteiger partial charge in [-0.2, -0.15) is 0 Å². The maximum atomic E-state index is 5.84. The van der Waals surface area contributed by atoms with Gasteiger partial charge in [0, 0.05) is 0 Å². The molecule has 4 bridgehead atoms. The monoisotopic (exact) mass is 542 g/mol. The Hall–Kier alpha value is 1.05. The summed E-state index contributed by atoms with van der Waals surface area (Å²) in [6, 6.07) is 0. The van der Waals surface area contributed by atoms with E-state index >= 15 is 0 Å². The van der Waals surface area contributed by atoms with E-state index in [1.165, 1.54) is 38.5 Å². The van der Waals surface area contributed by atoms with Crippen LogP contribution in [-0.4, -0.2) is 13.8 Å². The largest absolute Gasteiger partial charge is 4.00 e. The fourth-order valence-electron chi connectivity index (χ4n) is 7.31. The van der Waals surface area contributed by atoms with Gasteiger partial charge in [0.05, 0.1) is 0 Å². The summed E-state index contributed by atoms with van der Waals surface area (Å²) < 4.78 is 0. The van der Waals surface area contributed by atoms with Gasteiger partial charge in [-0.3, -0.25) is 0 Å². The third-order valence-corrected chi connectivity index (χ3v) is 11.8. The van der Waals surface area contributed by atoms with Crippen molar-refractivity contribution in [2.24, 2.45) is 29.1 Å². The van der Waals surface area contributed by atoms with Gasteiger partial charge in [-0.1, -0.05) is 86.2 Å². The number of hydrogen-bond donors (Lipinski definition) is 0. The maximum Gasteiger partial charge on any atom is 4.00 e. The van der Waals surface area contributed by atoms with Crippen molar-refractivity contribution in [3.05, 3.63) is 19.8 Å². The minimum absolute atomic E-state index is 0. The van der Waals surface area contributed by atoms with Crippen LogP contribution in [0.2, 0.25) is 18.6 Å². The molecule has 0 aromatic carbocycles. The molecule has 0 heterocycles. The fourth-order valence-corrected chi connectivity index (χ4v) is 10.7. The van der Waals surface area contributed by atoms with Crippen molar-refractivity contribution in [1.29, 1.82) is 0 Å². The van der Waals surface area contributed by atoms with Crippen LogP contribution in [0.15, 0.2) is 0 Å². The van der Waals surface area contributed by atoms with E-state index in [1.54, 1.807) is 19.3 Å². The Morgan fingerprint density at radius 1 is 0.808 bits per heavy atom. The number of hydrogen-bond acceptors (Lipinski definition) is 0. The Bertz CT molecular complexity index is 432. The molecule has 5 aliphatic rings. The molecule has 2 unspecified atom stereocenters. The Morgan fingerprint density at radius 2 is 1.27 bits per heavy atom. The molecule has 0 aromatic heterocycles. The molecule has 1 nitrogen and oxygen atoms in total. The van der Waals surface area contributed by atoms with Gasteiger partial charge in [0.25, 0.3) is 0 Å². The van der Waals surface area contributed by atoms with Crippen LogP contribution in [0.5, 0.6) is 0 Å². The standard InChI is InChI=1S/C21H38NSi.2CH3.Hf/c1-20(2,3)18-6-7-19(11-18)23(4,5)22-21-12-15-8-16(13-21)10-17(9-15)14-21;;;/h15-19H,6-14H2,1-5H3;2*1H3;/q3*-1;+4. The molecule has 3 heteroatoms. The predicted molar refractivity (Wildman–Crippen MR) is 115 cm³/mol. The summed E-state index contributed by atoms with van der Waals surface area (Å²) in [5.41, 5.74) is 1.91. The van der Waals surface area contributed by atoms with Crippen LogP contribution < -0.4 is 0 Å². The molecule has 0 saturated heterocycles. The number of nitrogens with zero attached hydrogens (tertiary/aromatic N) is 1. The van der Waals surface area contributed by atoms with Crippen LogP contribution in [0, 0.1) is 43.9 Å². The normalized spacial score (nSPS) is 41.2. The van der Waals surface area contributed by atoms with Gasteiger partial charge >= 0.3 is 25.8 Å². The zero-order chi connectivity index (χ0) is 16.5. The SMILES string of the molecule is CC(C)(C)C1CCC([Si](C)(C)[N-]C23CC4CC(CC(C4)C2)C3)C1.[CH3-].[CH3-].[Hf+4]. The second-order valence-corrected chi connectivity index (χ2v) is 15.8. The van der Waals surface area contributed by atoms with Gasteiger partial charge in [0.15, 0.2) is 0 Å². The first kappa shape index (κ1) is 25.1. The van der Waals surface area contributed by atoms with Crippen molar-refractivity contribution < 1.29 is 25.8 Å². The Morgan fingerprint density at radius 3 is 1.65 bits per heavy atom. The quantitative estimate of drug-likeness (QED) is 0.258. The van der Waals surface area contributed by atoms with Crippen molar-refractivity contribution >= 4 is 8.24 Å². The van der Waals surface area contributed by atoms with Gasteiger partial charge in [-0.15, -0.1) is 5.54 Å². The molecule has 5 aliphatic carbocycles. The first-order valence-corrected chi connectivity index (χ1v) is 13.4. The molecule has 5 saturated carbocycles. The van der Waals surface area contributed by atoms with Crippen molar-refractivity contribution in [2.75, 3.05) is 0 Å². The van der Waals surface area contributed by atoms with E-state index in [9.17, 15) is 0 Å². The van der Waals surface area contributed by atoms with Crippen LogP contribution in [0.1, 0.15) is 78.6 Å². The van der Waals surface area contributed by atoms with E-state index in [4.69, 9.17) is 4.98 Å². The smallest absolute Gasteiger partial charge is 0.659 e. The van der Waals surface area contributed by atoms with Crippen LogP contribution >= 0.6 is 0 Å². The summed E-state index contributed by atoms with van der Waals surface area (Å²) in [7, 11) is -1.45. The molecule has 5 fully saturated rings. The summed E-state index contributed by atoms with van der Waals surface area (Å²) >= 11 is 0. The van der Waals surface area contributed by atoms with Gasteiger partial charge in [0.1, 0.15) is 0 Å². The molecule has 5 rings (SSSR count). The minimum Gasteiger partial charge on any atom is -0.659 e. The van der Waals surface area contributed by atoms with Gasteiger partial charge < -0.3 is 19.8 Å². The van der Waals surface area contributed by atoms with Crippen molar-refractivity contribution in [2.45, 2.75) is 103 Å². The molecular formula is C23H44HfNSi+. The molecule has 0 amide bonds. The summed E-state index contributed by atoms with van der Waals surface area (Å²) in [5.74, 6) is 4.06. The van der Waals surface area contributed by atoms with E-state index in [-0.39, 0.29) is 40.7 Å². The second-order valence-electron chi connectivity index (χ2n) is 11.5. The van der Waals surface area contributed by atoms with E-state index in [1.807, 2.05) is 0 Å². The maximum absolute atomic E-state index is 5.84. The molecule has 0 spiro atoms. The van der Waals surface area contributed by atoms with Gasteiger partial charge in [-0.25, -0.2) is 0 Å². The molecule has 0 aromatic rings. The fraction of sp³-hybridized carbons (Fsp3) is 0.913. The van der Waals surface area contributed by atoms with Crippen molar-refractivity contribution in [1.82, 2.24) is 0 Å². The minimum atomic E-state index is -1.45. The van der Waals surface area contributed by atoms with E-state index in [0.29, 0.717) is 11.0 Å². The number of rotatable bonds is 3. The van der Waals surface area contributed by atoms with Crippen LogP contribution in [0.4, 0.5) is 0 Å². The molecule has 26 heavy (non-hydrogen) atoms. The average Bonchev–Trinajstić information content (AvgIpc) is 2.85. The van der Waals surface area contributed by atoms with E-state index in [0.717, 1.165) is 29.2 Å². The molecule has 0 aliphatic heterocycles. The van der Waals surface area contributed by atoms with Crippen molar-refractivity contribution in [3.63, 3.8) is 0 Å². The molecule has 2 atom stereocenters.